The lowest BCUT2D eigenvalue weighted by atomic mass is 10.4. The molecule has 0 aromatic heterocycles. The van der Waals surface area contributed by atoms with Crippen LogP contribution in [0.5, 0.6) is 0 Å². The number of hydrogen-bond donors (Lipinski definition) is 2. The van der Waals surface area contributed by atoms with Crippen LogP contribution in [0.1, 0.15) is 39.5 Å². The first-order chi connectivity index (χ1) is 12.0. The van der Waals surface area contributed by atoms with Crippen LogP contribution >= 0.6 is 0 Å². The molecule has 0 fully saturated rings. The maximum atomic E-state index is 11.4. The van der Waals surface area contributed by atoms with Crippen LogP contribution in [0.15, 0.2) is 24.3 Å². The Morgan fingerprint density at radius 1 is 0.720 bits per heavy atom. The summed E-state index contributed by atoms with van der Waals surface area (Å²) in [7, 11) is 0. The Balaban J connectivity index is 3.90. The van der Waals surface area contributed by atoms with Crippen LogP contribution in [0.3, 0.4) is 0 Å². The first-order valence-corrected chi connectivity index (χ1v) is 8.24. The van der Waals surface area contributed by atoms with Gasteiger partial charge >= 0.3 is 11.9 Å². The number of ether oxygens (including phenoxy) is 2. The van der Waals surface area contributed by atoms with Crippen molar-refractivity contribution in [1.29, 1.82) is 0 Å². The van der Waals surface area contributed by atoms with E-state index in [1.54, 1.807) is 0 Å². The van der Waals surface area contributed by atoms with Crippen LogP contribution in [0.4, 0.5) is 0 Å². The fourth-order valence-electron chi connectivity index (χ4n) is 1.35. The average Bonchev–Trinajstić information content (AvgIpc) is 2.58. The largest absolute Gasteiger partial charge is 0.463 e. The van der Waals surface area contributed by atoms with E-state index in [9.17, 15) is 19.2 Å². The van der Waals surface area contributed by atoms with Gasteiger partial charge in [-0.15, -0.1) is 0 Å². The summed E-state index contributed by atoms with van der Waals surface area (Å²) in [5.41, 5.74) is 0. The van der Waals surface area contributed by atoms with E-state index in [0.29, 0.717) is 13.2 Å². The highest BCUT2D eigenvalue weighted by Gasteiger charge is 2.01. The van der Waals surface area contributed by atoms with Gasteiger partial charge in [0.25, 0.3) is 0 Å². The molecular formula is C17H26N2O6. The molecule has 0 unspecified atom stereocenters. The lowest BCUT2D eigenvalue weighted by Crippen LogP contribution is -2.35. The van der Waals surface area contributed by atoms with Crippen molar-refractivity contribution in [3.05, 3.63) is 24.3 Å². The Morgan fingerprint density at radius 3 is 1.48 bits per heavy atom. The maximum absolute atomic E-state index is 11.4. The molecule has 0 aromatic rings. The number of carbonyl (C=O) groups excluding carboxylic acids is 4. The van der Waals surface area contributed by atoms with Crippen LogP contribution in [0, 0.1) is 0 Å². The van der Waals surface area contributed by atoms with E-state index in [4.69, 9.17) is 9.47 Å². The fourth-order valence-corrected chi connectivity index (χ4v) is 1.35. The molecule has 0 spiro atoms. The highest BCUT2D eigenvalue weighted by molar-refractivity contribution is 5.96. The average molecular weight is 354 g/mol. The van der Waals surface area contributed by atoms with Crippen molar-refractivity contribution in [2.24, 2.45) is 0 Å². The minimum atomic E-state index is -0.600. The lowest BCUT2D eigenvalue weighted by molar-refractivity contribution is -0.138. The summed E-state index contributed by atoms with van der Waals surface area (Å²) in [6.07, 6.45) is 7.39. The van der Waals surface area contributed by atoms with Gasteiger partial charge in [0.2, 0.25) is 11.8 Å². The van der Waals surface area contributed by atoms with Crippen molar-refractivity contribution in [3.63, 3.8) is 0 Å². The molecule has 0 radical (unpaired) electrons. The highest BCUT2D eigenvalue weighted by atomic mass is 16.5. The van der Waals surface area contributed by atoms with Crippen molar-refractivity contribution >= 4 is 23.8 Å². The van der Waals surface area contributed by atoms with Gasteiger partial charge in [-0.3, -0.25) is 9.59 Å². The third kappa shape index (κ3) is 14.7. The van der Waals surface area contributed by atoms with Crippen molar-refractivity contribution in [1.82, 2.24) is 10.6 Å². The number of hydrogen-bond acceptors (Lipinski definition) is 6. The summed E-state index contributed by atoms with van der Waals surface area (Å²) in [5.74, 6) is -2.32. The molecule has 0 aliphatic rings. The molecule has 0 saturated heterocycles. The molecule has 8 nitrogen and oxygen atoms in total. The molecule has 8 heteroatoms. The van der Waals surface area contributed by atoms with Gasteiger partial charge in [0.05, 0.1) is 19.9 Å². The minimum absolute atomic E-state index is 0.151. The van der Waals surface area contributed by atoms with Gasteiger partial charge in [-0.2, -0.15) is 0 Å². The summed E-state index contributed by atoms with van der Waals surface area (Å²) in [6.45, 7) is 4.41. The van der Waals surface area contributed by atoms with Gasteiger partial charge in [0, 0.05) is 24.3 Å². The van der Waals surface area contributed by atoms with E-state index in [-0.39, 0.29) is 6.67 Å². The molecule has 25 heavy (non-hydrogen) atoms. The number of carbonyl (C=O) groups is 4. The number of nitrogens with one attached hydrogen (secondary N) is 2. The first-order valence-electron chi connectivity index (χ1n) is 8.24. The highest BCUT2D eigenvalue weighted by Crippen LogP contribution is 1.90. The molecule has 0 atom stereocenters. The topological polar surface area (TPSA) is 111 Å². The summed E-state index contributed by atoms with van der Waals surface area (Å²) in [4.78, 5) is 45.3. The van der Waals surface area contributed by atoms with Gasteiger partial charge < -0.3 is 20.1 Å². The summed E-state index contributed by atoms with van der Waals surface area (Å²) in [6, 6.07) is 0. The molecule has 0 aromatic carbocycles. The Hall–Kier alpha value is -2.64. The van der Waals surface area contributed by atoms with E-state index >= 15 is 0 Å². The van der Waals surface area contributed by atoms with Crippen LogP contribution in [-0.2, 0) is 28.7 Å². The van der Waals surface area contributed by atoms with Gasteiger partial charge in [-0.05, 0) is 12.8 Å². The Labute approximate surface area is 147 Å². The lowest BCUT2D eigenvalue weighted by Gasteiger charge is -2.03. The predicted molar refractivity (Wildman–Crippen MR) is 91.2 cm³/mol. The minimum Gasteiger partial charge on any atom is -0.463 e. The second kappa shape index (κ2) is 14.9. The Morgan fingerprint density at radius 2 is 1.12 bits per heavy atom. The monoisotopic (exact) mass is 354 g/mol. The summed E-state index contributed by atoms with van der Waals surface area (Å²) >= 11 is 0. The summed E-state index contributed by atoms with van der Waals surface area (Å²) in [5, 5.41) is 4.70. The molecule has 0 rings (SSSR count). The molecule has 0 heterocycles. The standard InChI is InChI=1S/C17H26N2O6/c1-3-5-11-24-16(22)9-7-14(20)18-13-19-15(21)8-10-17(23)25-12-6-4-2/h7-10H,3-6,11-13H2,1-2H3,(H,18,20)(H,19,21)/b9-7+,10-8+. The second-order valence-electron chi connectivity index (χ2n) is 4.97. The van der Waals surface area contributed by atoms with E-state index in [2.05, 4.69) is 10.6 Å². The molecule has 0 aliphatic heterocycles. The molecule has 0 aliphatic carbocycles. The summed E-state index contributed by atoms with van der Waals surface area (Å²) < 4.78 is 9.67. The van der Waals surface area contributed by atoms with Crippen molar-refractivity contribution in [3.8, 4) is 0 Å². The zero-order valence-corrected chi connectivity index (χ0v) is 14.7. The smallest absolute Gasteiger partial charge is 0.330 e. The number of amides is 2. The van der Waals surface area contributed by atoms with Gasteiger partial charge in [0.15, 0.2) is 0 Å². The molecular weight excluding hydrogens is 328 g/mol. The zero-order valence-electron chi connectivity index (χ0n) is 14.7. The van der Waals surface area contributed by atoms with E-state index < -0.39 is 23.8 Å². The van der Waals surface area contributed by atoms with Crippen molar-refractivity contribution in [2.75, 3.05) is 19.9 Å². The molecule has 2 N–H and O–H groups in total. The zero-order chi connectivity index (χ0) is 18.9. The third-order valence-corrected chi connectivity index (χ3v) is 2.75. The van der Waals surface area contributed by atoms with E-state index in [0.717, 1.165) is 50.0 Å². The maximum Gasteiger partial charge on any atom is 0.330 e. The second-order valence-corrected chi connectivity index (χ2v) is 4.97. The number of unbranched alkanes of at least 4 members (excludes halogenated alkanes) is 2. The molecule has 2 amide bonds. The fraction of sp³-hybridized carbons (Fsp3) is 0.529. The van der Waals surface area contributed by atoms with E-state index in [1.807, 2.05) is 13.8 Å². The normalized spacial score (nSPS) is 10.6. The SMILES string of the molecule is CCCCOC(=O)/C=C/C(=O)NCNC(=O)/C=C/C(=O)OCCCC. The van der Waals surface area contributed by atoms with Crippen molar-refractivity contribution < 1.29 is 28.7 Å². The van der Waals surface area contributed by atoms with Gasteiger partial charge in [0.1, 0.15) is 0 Å². The van der Waals surface area contributed by atoms with Gasteiger partial charge in [-0.1, -0.05) is 26.7 Å². The van der Waals surface area contributed by atoms with Crippen LogP contribution in [0.25, 0.3) is 0 Å². The van der Waals surface area contributed by atoms with Crippen LogP contribution in [0.2, 0.25) is 0 Å². The quantitative estimate of drug-likeness (QED) is 0.234. The van der Waals surface area contributed by atoms with Crippen molar-refractivity contribution in [2.45, 2.75) is 39.5 Å². The Bertz CT molecular complexity index is 455. The van der Waals surface area contributed by atoms with Crippen LogP contribution in [-0.4, -0.2) is 43.6 Å². The Kier molecular flexibility index (Phi) is 13.3. The molecule has 0 bridgehead atoms. The molecule has 0 saturated carbocycles. The molecule has 140 valence electrons. The van der Waals surface area contributed by atoms with Crippen LogP contribution < -0.4 is 10.6 Å². The predicted octanol–water partition coefficient (Wildman–Crippen LogP) is 0.975. The third-order valence-electron chi connectivity index (χ3n) is 2.75. The number of rotatable bonds is 12. The number of esters is 2. The van der Waals surface area contributed by atoms with E-state index in [1.165, 1.54) is 0 Å². The van der Waals surface area contributed by atoms with Gasteiger partial charge in [-0.25, -0.2) is 9.59 Å². The first kappa shape index (κ1) is 22.4.